The predicted octanol–water partition coefficient (Wildman–Crippen LogP) is 4.04. The first-order chi connectivity index (χ1) is 9.84. The van der Waals surface area contributed by atoms with Gasteiger partial charge in [0.1, 0.15) is 4.21 Å². The Morgan fingerprint density at radius 3 is 2.38 bits per heavy atom. The van der Waals surface area contributed by atoms with Crippen LogP contribution in [-0.2, 0) is 9.84 Å². The average Bonchev–Trinajstić information content (AvgIpc) is 2.76. The third-order valence-electron chi connectivity index (χ3n) is 2.84. The molecule has 2 aromatic rings. The van der Waals surface area contributed by atoms with Crippen LogP contribution in [0.25, 0.3) is 6.08 Å². The number of hydrogen-bond donors (Lipinski definition) is 0. The van der Waals surface area contributed by atoms with Crippen molar-refractivity contribution in [2.24, 2.45) is 0 Å². The molecule has 0 aliphatic carbocycles. The Hall–Kier alpha value is -1.37. The normalized spacial score (nSPS) is 11.3. The number of hydrogen-bond acceptors (Lipinski definition) is 5. The maximum Gasteiger partial charge on any atom is 0.234 e. The molecule has 1 aromatic heterocycles. The zero-order valence-electron chi connectivity index (χ0n) is 11.6. The highest BCUT2D eigenvalue weighted by molar-refractivity contribution is 8.14. The van der Waals surface area contributed by atoms with Crippen LogP contribution in [0.2, 0.25) is 0 Å². The summed E-state index contributed by atoms with van der Waals surface area (Å²) in [6.45, 7) is 5.40. The van der Waals surface area contributed by atoms with Crippen molar-refractivity contribution in [3.05, 3.63) is 52.9 Å². The van der Waals surface area contributed by atoms with Gasteiger partial charge in [0.2, 0.25) is 5.12 Å². The second-order valence-electron chi connectivity index (χ2n) is 4.44. The largest absolute Gasteiger partial charge is 0.280 e. The average molecular weight is 338 g/mol. The highest BCUT2D eigenvalue weighted by atomic mass is 32.2. The molecule has 0 saturated carbocycles. The Labute approximate surface area is 132 Å². The maximum absolute atomic E-state index is 12.4. The van der Waals surface area contributed by atoms with Gasteiger partial charge in [-0.25, -0.2) is 8.42 Å². The molecule has 21 heavy (non-hydrogen) atoms. The van der Waals surface area contributed by atoms with E-state index in [-0.39, 0.29) is 9.32 Å². The number of benzene rings is 1. The standard InChI is InChI=1S/C15H14O3S3/c1-4-12-10(2)13(20-15(12)21(3,17)18)14(16)19-11-8-6-5-7-9-11/h4-9H,1H2,2-3H3. The third-order valence-corrected chi connectivity index (χ3v) is 7.02. The summed E-state index contributed by atoms with van der Waals surface area (Å²) in [6, 6.07) is 9.28. The van der Waals surface area contributed by atoms with Crippen LogP contribution in [0.5, 0.6) is 0 Å². The molecule has 0 aliphatic rings. The van der Waals surface area contributed by atoms with E-state index in [4.69, 9.17) is 0 Å². The number of carbonyl (C=O) groups is 1. The van der Waals surface area contributed by atoms with Gasteiger partial charge in [-0.3, -0.25) is 4.79 Å². The summed E-state index contributed by atoms with van der Waals surface area (Å²) in [7, 11) is -3.37. The maximum atomic E-state index is 12.4. The molecule has 0 amide bonds. The molecule has 0 aliphatic heterocycles. The highest BCUT2D eigenvalue weighted by Crippen LogP contribution is 2.36. The summed E-state index contributed by atoms with van der Waals surface area (Å²) >= 11 is 2.11. The van der Waals surface area contributed by atoms with Crippen LogP contribution in [0.3, 0.4) is 0 Å². The molecule has 0 fully saturated rings. The second kappa shape index (κ2) is 6.17. The summed E-state index contributed by atoms with van der Waals surface area (Å²) in [5.41, 5.74) is 1.20. The molecule has 0 unspecified atom stereocenters. The molecule has 0 radical (unpaired) electrons. The molecule has 0 atom stereocenters. The van der Waals surface area contributed by atoms with Gasteiger partial charge in [0.05, 0.1) is 4.88 Å². The van der Waals surface area contributed by atoms with Gasteiger partial charge in [-0.15, -0.1) is 11.3 Å². The molecule has 0 N–H and O–H groups in total. The van der Waals surface area contributed by atoms with Crippen LogP contribution in [0.15, 0.2) is 46.0 Å². The lowest BCUT2D eigenvalue weighted by atomic mass is 10.2. The van der Waals surface area contributed by atoms with Gasteiger partial charge in [-0.1, -0.05) is 30.9 Å². The number of thiophene rings is 1. The van der Waals surface area contributed by atoms with E-state index in [0.29, 0.717) is 16.0 Å². The zero-order chi connectivity index (χ0) is 15.6. The molecule has 0 saturated heterocycles. The Morgan fingerprint density at radius 2 is 1.90 bits per heavy atom. The number of thioether (sulfide) groups is 1. The van der Waals surface area contributed by atoms with Crippen LogP contribution in [0.1, 0.15) is 20.8 Å². The van der Waals surface area contributed by atoms with Crippen LogP contribution in [0.4, 0.5) is 0 Å². The van der Waals surface area contributed by atoms with Crippen LogP contribution >= 0.6 is 23.1 Å². The molecule has 6 heteroatoms. The molecular weight excluding hydrogens is 324 g/mol. The van der Waals surface area contributed by atoms with E-state index in [0.717, 1.165) is 34.2 Å². The molecule has 0 bridgehead atoms. The Bertz CT molecular complexity index is 787. The Balaban J connectivity index is 2.43. The first-order valence-corrected chi connectivity index (χ1v) is 9.60. The van der Waals surface area contributed by atoms with E-state index in [1.807, 2.05) is 30.3 Å². The van der Waals surface area contributed by atoms with Crippen molar-refractivity contribution in [3.63, 3.8) is 0 Å². The van der Waals surface area contributed by atoms with Crippen molar-refractivity contribution in [1.82, 2.24) is 0 Å². The van der Waals surface area contributed by atoms with Gasteiger partial charge in [-0.05, 0) is 36.4 Å². The quantitative estimate of drug-likeness (QED) is 0.790. The molecule has 110 valence electrons. The van der Waals surface area contributed by atoms with Gasteiger partial charge in [-0.2, -0.15) is 0 Å². The summed E-state index contributed by atoms with van der Waals surface area (Å²) < 4.78 is 23.8. The number of carbonyl (C=O) groups excluding carboxylic acids is 1. The van der Waals surface area contributed by atoms with Gasteiger partial charge >= 0.3 is 0 Å². The molecule has 0 spiro atoms. The summed E-state index contributed by atoms with van der Waals surface area (Å²) in [6.07, 6.45) is 2.63. The van der Waals surface area contributed by atoms with E-state index in [9.17, 15) is 13.2 Å². The fourth-order valence-electron chi connectivity index (χ4n) is 1.85. The minimum absolute atomic E-state index is 0.151. The van der Waals surface area contributed by atoms with Crippen LogP contribution in [-0.4, -0.2) is 19.8 Å². The Morgan fingerprint density at radius 1 is 1.29 bits per heavy atom. The smallest absolute Gasteiger partial charge is 0.234 e. The predicted molar refractivity (Wildman–Crippen MR) is 88.9 cm³/mol. The topological polar surface area (TPSA) is 51.2 Å². The molecule has 2 rings (SSSR count). The van der Waals surface area contributed by atoms with Crippen LogP contribution in [0, 0.1) is 6.92 Å². The molecular formula is C15H14O3S3. The van der Waals surface area contributed by atoms with E-state index in [1.54, 1.807) is 6.92 Å². The Kier molecular flexibility index (Phi) is 4.70. The monoisotopic (exact) mass is 338 g/mol. The molecule has 1 heterocycles. The highest BCUT2D eigenvalue weighted by Gasteiger charge is 2.24. The van der Waals surface area contributed by atoms with Crippen molar-refractivity contribution in [3.8, 4) is 0 Å². The molecule has 1 aromatic carbocycles. The molecule has 3 nitrogen and oxygen atoms in total. The second-order valence-corrected chi connectivity index (χ2v) is 8.71. The summed E-state index contributed by atoms with van der Waals surface area (Å²) in [4.78, 5) is 13.7. The van der Waals surface area contributed by atoms with E-state index >= 15 is 0 Å². The summed E-state index contributed by atoms with van der Waals surface area (Å²) in [5.74, 6) is 0. The third kappa shape index (κ3) is 3.45. The van der Waals surface area contributed by atoms with Crippen molar-refractivity contribution < 1.29 is 13.2 Å². The van der Waals surface area contributed by atoms with E-state index in [1.165, 1.54) is 6.08 Å². The number of rotatable bonds is 4. The fraction of sp³-hybridized carbons (Fsp3) is 0.133. The van der Waals surface area contributed by atoms with Gasteiger partial charge in [0, 0.05) is 16.7 Å². The van der Waals surface area contributed by atoms with E-state index < -0.39 is 9.84 Å². The lowest BCUT2D eigenvalue weighted by molar-refractivity contribution is 0.109. The minimum atomic E-state index is -3.37. The van der Waals surface area contributed by atoms with Gasteiger partial charge in [0.15, 0.2) is 9.84 Å². The zero-order valence-corrected chi connectivity index (χ0v) is 14.1. The lowest BCUT2D eigenvalue weighted by Gasteiger charge is -2.00. The van der Waals surface area contributed by atoms with Gasteiger partial charge in [0.25, 0.3) is 0 Å². The van der Waals surface area contributed by atoms with E-state index in [2.05, 4.69) is 6.58 Å². The first kappa shape index (κ1) is 16.0. The summed E-state index contributed by atoms with van der Waals surface area (Å²) in [5, 5.41) is -0.151. The van der Waals surface area contributed by atoms with Crippen LogP contribution < -0.4 is 0 Å². The first-order valence-electron chi connectivity index (χ1n) is 6.07. The SMILES string of the molecule is C=Cc1c(S(C)(=O)=O)sc(C(=O)Sc2ccccc2)c1C. The minimum Gasteiger partial charge on any atom is -0.280 e. The van der Waals surface area contributed by atoms with Crippen molar-refractivity contribution in [2.45, 2.75) is 16.0 Å². The van der Waals surface area contributed by atoms with Crippen molar-refractivity contribution in [2.75, 3.05) is 6.26 Å². The fourth-order valence-corrected chi connectivity index (χ4v) is 5.22. The van der Waals surface area contributed by atoms with Crippen molar-refractivity contribution in [1.29, 1.82) is 0 Å². The lowest BCUT2D eigenvalue weighted by Crippen LogP contribution is -1.95. The number of sulfone groups is 1. The van der Waals surface area contributed by atoms with Gasteiger partial charge < -0.3 is 0 Å². The van der Waals surface area contributed by atoms with Crippen molar-refractivity contribution >= 4 is 44.1 Å².